The largest absolute Gasteiger partial charge is 0.411 e. The van der Waals surface area contributed by atoms with Gasteiger partial charge in [0.15, 0.2) is 5.78 Å². The van der Waals surface area contributed by atoms with Gasteiger partial charge in [0.2, 0.25) is 0 Å². The number of ether oxygens (including phenoxy) is 1. The highest BCUT2D eigenvalue weighted by molar-refractivity contribution is 6.08. The first-order valence-electron chi connectivity index (χ1n) is 5.31. The minimum absolute atomic E-state index is 0.108. The summed E-state index contributed by atoms with van der Waals surface area (Å²) in [5, 5.41) is 0.320. The number of rotatable bonds is 4. The van der Waals surface area contributed by atoms with Crippen molar-refractivity contribution in [2.45, 2.75) is 6.18 Å². The first-order chi connectivity index (χ1) is 8.87. The maximum atomic E-state index is 13.1. The van der Waals surface area contributed by atoms with Gasteiger partial charge in [-0.3, -0.25) is 4.79 Å². The van der Waals surface area contributed by atoms with Crippen LogP contribution in [0.5, 0.6) is 0 Å². The molecular weight excluding hydrogens is 266 g/mol. The van der Waals surface area contributed by atoms with Crippen molar-refractivity contribution in [3.8, 4) is 0 Å². The number of aromatic amines is 1. The maximum Gasteiger partial charge on any atom is 0.411 e. The lowest BCUT2D eigenvalue weighted by Gasteiger charge is -2.06. The van der Waals surface area contributed by atoms with Crippen molar-refractivity contribution in [3.05, 3.63) is 35.8 Å². The average molecular weight is 275 g/mol. The molecule has 0 aliphatic carbocycles. The summed E-state index contributed by atoms with van der Waals surface area (Å²) in [6.45, 7) is -2.20. The summed E-state index contributed by atoms with van der Waals surface area (Å²) in [6, 6.07) is 3.80. The van der Waals surface area contributed by atoms with Crippen LogP contribution in [0, 0.1) is 5.82 Å². The number of Topliss-reactive ketones (excluding diaryl/α,β-unsaturated/α-hetero) is 1. The van der Waals surface area contributed by atoms with Gasteiger partial charge >= 0.3 is 6.18 Å². The molecule has 0 unspecified atom stereocenters. The summed E-state index contributed by atoms with van der Waals surface area (Å²) in [5.41, 5.74) is 0.636. The number of hydrogen-bond donors (Lipinski definition) is 1. The fraction of sp³-hybridized carbons (Fsp3) is 0.250. The van der Waals surface area contributed by atoms with E-state index in [4.69, 9.17) is 0 Å². The molecule has 7 heteroatoms. The molecule has 1 aromatic heterocycles. The van der Waals surface area contributed by atoms with Crippen LogP contribution < -0.4 is 0 Å². The lowest BCUT2D eigenvalue weighted by atomic mass is 10.1. The van der Waals surface area contributed by atoms with E-state index in [9.17, 15) is 22.4 Å². The predicted octanol–water partition coefficient (Wildman–Crippen LogP) is 3.07. The number of aromatic nitrogens is 1. The van der Waals surface area contributed by atoms with E-state index in [1.165, 1.54) is 18.3 Å². The van der Waals surface area contributed by atoms with Gasteiger partial charge in [-0.05, 0) is 18.2 Å². The van der Waals surface area contributed by atoms with E-state index in [0.29, 0.717) is 10.9 Å². The second kappa shape index (κ2) is 5.00. The van der Waals surface area contributed by atoms with E-state index < -0.39 is 31.0 Å². The fourth-order valence-electron chi connectivity index (χ4n) is 1.66. The normalized spacial score (nSPS) is 12.0. The minimum Gasteiger partial charge on any atom is -0.364 e. The third-order valence-electron chi connectivity index (χ3n) is 2.44. The zero-order valence-electron chi connectivity index (χ0n) is 9.55. The average Bonchev–Trinajstić information content (AvgIpc) is 2.69. The predicted molar refractivity (Wildman–Crippen MR) is 59.5 cm³/mol. The zero-order valence-corrected chi connectivity index (χ0v) is 9.55. The molecule has 102 valence electrons. The molecule has 0 aliphatic heterocycles. The van der Waals surface area contributed by atoms with Gasteiger partial charge in [0.05, 0.1) is 0 Å². The van der Waals surface area contributed by atoms with Gasteiger partial charge in [-0.25, -0.2) is 4.39 Å². The summed E-state index contributed by atoms with van der Waals surface area (Å²) in [5.74, 6) is -1.17. The number of carbonyl (C=O) groups excluding carboxylic acids is 1. The Morgan fingerprint density at radius 2 is 2.05 bits per heavy atom. The summed E-state index contributed by atoms with van der Waals surface area (Å²) in [6.07, 6.45) is -3.16. The quantitative estimate of drug-likeness (QED) is 0.688. The summed E-state index contributed by atoms with van der Waals surface area (Å²) in [4.78, 5) is 14.4. The van der Waals surface area contributed by atoms with Gasteiger partial charge in [0.1, 0.15) is 19.0 Å². The van der Waals surface area contributed by atoms with Crippen molar-refractivity contribution in [2.24, 2.45) is 0 Å². The molecule has 0 fully saturated rings. The molecule has 0 radical (unpaired) electrons. The number of fused-ring (bicyclic) bond motifs is 1. The molecular formula is C12H9F4NO2. The smallest absolute Gasteiger partial charge is 0.364 e. The van der Waals surface area contributed by atoms with Crippen LogP contribution in [-0.4, -0.2) is 30.2 Å². The van der Waals surface area contributed by atoms with Gasteiger partial charge in [-0.2, -0.15) is 13.2 Å². The number of benzene rings is 1. The lowest BCUT2D eigenvalue weighted by Crippen LogP contribution is -2.20. The molecule has 3 nitrogen and oxygen atoms in total. The Balaban J connectivity index is 2.11. The SMILES string of the molecule is O=C(COCC(F)(F)F)c1c[nH]c2ccc(F)cc12. The van der Waals surface area contributed by atoms with Crippen molar-refractivity contribution in [2.75, 3.05) is 13.2 Å². The number of nitrogens with one attached hydrogen (secondary N) is 1. The van der Waals surface area contributed by atoms with Crippen LogP contribution >= 0.6 is 0 Å². The van der Waals surface area contributed by atoms with Crippen LogP contribution in [-0.2, 0) is 4.74 Å². The Labute approximate surface area is 105 Å². The van der Waals surface area contributed by atoms with Crippen LogP contribution in [0.15, 0.2) is 24.4 Å². The number of hydrogen-bond acceptors (Lipinski definition) is 2. The molecule has 1 heterocycles. The van der Waals surface area contributed by atoms with Crippen molar-refractivity contribution >= 4 is 16.7 Å². The topological polar surface area (TPSA) is 42.1 Å². The first-order valence-corrected chi connectivity index (χ1v) is 5.31. The van der Waals surface area contributed by atoms with E-state index in [-0.39, 0.29) is 5.56 Å². The molecule has 0 amide bonds. The Hall–Kier alpha value is -1.89. The van der Waals surface area contributed by atoms with E-state index >= 15 is 0 Å². The van der Waals surface area contributed by atoms with Crippen LogP contribution in [0.3, 0.4) is 0 Å². The Morgan fingerprint density at radius 1 is 1.32 bits per heavy atom. The molecule has 2 rings (SSSR count). The third kappa shape index (κ3) is 3.31. The van der Waals surface area contributed by atoms with E-state index in [2.05, 4.69) is 9.72 Å². The van der Waals surface area contributed by atoms with Gasteiger partial charge < -0.3 is 9.72 Å². The summed E-state index contributed by atoms with van der Waals surface area (Å²) < 4.78 is 52.9. The monoisotopic (exact) mass is 275 g/mol. The number of halogens is 4. The second-order valence-electron chi connectivity index (χ2n) is 3.92. The highest BCUT2D eigenvalue weighted by Crippen LogP contribution is 2.20. The lowest BCUT2D eigenvalue weighted by molar-refractivity contribution is -0.170. The molecule has 0 atom stereocenters. The first kappa shape index (κ1) is 13.5. The molecule has 1 N–H and O–H groups in total. The Morgan fingerprint density at radius 3 is 2.74 bits per heavy atom. The highest BCUT2D eigenvalue weighted by Gasteiger charge is 2.28. The minimum atomic E-state index is -4.48. The van der Waals surface area contributed by atoms with Crippen molar-refractivity contribution in [1.82, 2.24) is 4.98 Å². The van der Waals surface area contributed by atoms with Crippen LogP contribution in [0.25, 0.3) is 10.9 Å². The molecule has 2 aromatic rings. The number of alkyl halides is 3. The number of carbonyl (C=O) groups is 1. The van der Waals surface area contributed by atoms with Crippen LogP contribution in [0.2, 0.25) is 0 Å². The maximum absolute atomic E-state index is 13.1. The van der Waals surface area contributed by atoms with Gasteiger partial charge in [0.25, 0.3) is 0 Å². The fourth-order valence-corrected chi connectivity index (χ4v) is 1.66. The van der Waals surface area contributed by atoms with E-state index in [1.54, 1.807) is 0 Å². The van der Waals surface area contributed by atoms with Gasteiger partial charge in [0, 0.05) is 22.7 Å². The molecule has 1 aromatic carbocycles. The standard InChI is InChI=1S/C12H9F4NO2/c13-7-1-2-10-8(3-7)9(4-17-10)11(18)5-19-6-12(14,15)16/h1-4,17H,5-6H2. The van der Waals surface area contributed by atoms with Crippen molar-refractivity contribution < 1.29 is 27.1 Å². The van der Waals surface area contributed by atoms with Gasteiger partial charge in [-0.1, -0.05) is 0 Å². The Kier molecular flexibility index (Phi) is 3.57. The zero-order chi connectivity index (χ0) is 14.0. The van der Waals surface area contributed by atoms with E-state index in [1.807, 2.05) is 0 Å². The summed E-state index contributed by atoms with van der Waals surface area (Å²) >= 11 is 0. The molecule has 0 bridgehead atoms. The summed E-state index contributed by atoms with van der Waals surface area (Å²) in [7, 11) is 0. The molecule has 0 saturated heterocycles. The highest BCUT2D eigenvalue weighted by atomic mass is 19.4. The third-order valence-corrected chi connectivity index (χ3v) is 2.44. The number of ketones is 1. The van der Waals surface area contributed by atoms with Crippen LogP contribution in [0.1, 0.15) is 10.4 Å². The van der Waals surface area contributed by atoms with E-state index in [0.717, 1.165) is 6.07 Å². The molecule has 0 spiro atoms. The van der Waals surface area contributed by atoms with Crippen LogP contribution in [0.4, 0.5) is 17.6 Å². The number of H-pyrrole nitrogens is 1. The molecule has 19 heavy (non-hydrogen) atoms. The van der Waals surface area contributed by atoms with Crippen molar-refractivity contribution in [3.63, 3.8) is 0 Å². The second-order valence-corrected chi connectivity index (χ2v) is 3.92. The van der Waals surface area contributed by atoms with Gasteiger partial charge in [-0.15, -0.1) is 0 Å². The Bertz CT molecular complexity index is 603. The molecule has 0 saturated carbocycles. The van der Waals surface area contributed by atoms with Crippen molar-refractivity contribution in [1.29, 1.82) is 0 Å². The molecule has 0 aliphatic rings.